The number of rotatable bonds is 6. The zero-order valence-electron chi connectivity index (χ0n) is 14.1. The lowest BCUT2D eigenvalue weighted by molar-refractivity contribution is -0.122. The SMILES string of the molecule is COCCNC(=O)CN1CCN(C(=O)Nc2ccc(F)cc2Br)CC1. The average molecular weight is 417 g/mol. The summed E-state index contributed by atoms with van der Waals surface area (Å²) in [7, 11) is 1.58. The van der Waals surface area contributed by atoms with Gasteiger partial charge in [0.05, 0.1) is 18.8 Å². The number of piperazine rings is 1. The quantitative estimate of drug-likeness (QED) is 0.689. The van der Waals surface area contributed by atoms with Crippen LogP contribution in [0.2, 0.25) is 0 Å². The zero-order chi connectivity index (χ0) is 18.2. The van der Waals surface area contributed by atoms with Crippen molar-refractivity contribution >= 4 is 33.6 Å². The normalized spacial score (nSPS) is 15.1. The minimum absolute atomic E-state index is 0.0507. The molecule has 2 rings (SSSR count). The summed E-state index contributed by atoms with van der Waals surface area (Å²) in [6.07, 6.45) is 0. The monoisotopic (exact) mass is 416 g/mol. The molecular weight excluding hydrogens is 395 g/mol. The summed E-state index contributed by atoms with van der Waals surface area (Å²) in [5.41, 5.74) is 0.520. The molecule has 0 saturated carbocycles. The average Bonchev–Trinajstić information content (AvgIpc) is 2.58. The van der Waals surface area contributed by atoms with E-state index in [1.54, 1.807) is 12.0 Å². The highest BCUT2D eigenvalue weighted by molar-refractivity contribution is 9.10. The smallest absolute Gasteiger partial charge is 0.321 e. The van der Waals surface area contributed by atoms with E-state index in [4.69, 9.17) is 4.74 Å². The number of carbonyl (C=O) groups is 2. The van der Waals surface area contributed by atoms with Gasteiger partial charge in [0, 0.05) is 44.3 Å². The van der Waals surface area contributed by atoms with E-state index >= 15 is 0 Å². The van der Waals surface area contributed by atoms with Gasteiger partial charge in [0.1, 0.15) is 5.82 Å². The molecule has 0 aromatic heterocycles. The minimum Gasteiger partial charge on any atom is -0.383 e. The summed E-state index contributed by atoms with van der Waals surface area (Å²) >= 11 is 3.23. The standard InChI is InChI=1S/C16H22BrFN4O3/c1-25-9-4-19-15(23)11-21-5-7-22(8-6-21)16(24)20-14-3-2-12(18)10-13(14)17/h2-3,10H,4-9,11H2,1H3,(H,19,23)(H,20,24). The lowest BCUT2D eigenvalue weighted by Crippen LogP contribution is -2.52. The van der Waals surface area contributed by atoms with Crippen molar-refractivity contribution < 1.29 is 18.7 Å². The molecule has 7 nitrogen and oxygen atoms in total. The van der Waals surface area contributed by atoms with E-state index < -0.39 is 0 Å². The molecule has 0 bridgehead atoms. The molecule has 0 unspecified atom stereocenters. The molecule has 1 fully saturated rings. The predicted molar refractivity (Wildman–Crippen MR) is 96.0 cm³/mol. The van der Waals surface area contributed by atoms with Crippen LogP contribution in [0.4, 0.5) is 14.9 Å². The van der Waals surface area contributed by atoms with E-state index in [1.807, 2.05) is 4.90 Å². The number of methoxy groups -OCH3 is 1. The van der Waals surface area contributed by atoms with E-state index in [0.29, 0.717) is 56.0 Å². The van der Waals surface area contributed by atoms with Crippen molar-refractivity contribution in [3.8, 4) is 0 Å². The van der Waals surface area contributed by atoms with Gasteiger partial charge in [-0.1, -0.05) is 0 Å². The van der Waals surface area contributed by atoms with E-state index in [9.17, 15) is 14.0 Å². The first-order chi connectivity index (χ1) is 12.0. The molecule has 1 aromatic carbocycles. The van der Waals surface area contributed by atoms with Gasteiger partial charge in [-0.25, -0.2) is 9.18 Å². The van der Waals surface area contributed by atoms with Crippen LogP contribution in [0.3, 0.4) is 0 Å². The minimum atomic E-state index is -0.373. The molecule has 1 saturated heterocycles. The van der Waals surface area contributed by atoms with Crippen molar-refractivity contribution in [3.05, 3.63) is 28.5 Å². The number of halogens is 2. The van der Waals surface area contributed by atoms with E-state index in [0.717, 1.165) is 0 Å². The summed E-state index contributed by atoms with van der Waals surface area (Å²) in [6.45, 7) is 3.57. The molecule has 2 N–H and O–H groups in total. The number of anilines is 1. The third kappa shape index (κ3) is 6.26. The summed E-state index contributed by atoms with van der Waals surface area (Å²) < 4.78 is 18.5. The van der Waals surface area contributed by atoms with Crippen LogP contribution < -0.4 is 10.6 Å². The number of amides is 3. The van der Waals surface area contributed by atoms with E-state index in [1.165, 1.54) is 18.2 Å². The molecule has 0 aliphatic carbocycles. The molecule has 1 aliphatic rings. The van der Waals surface area contributed by atoms with Crippen LogP contribution in [-0.2, 0) is 9.53 Å². The Morgan fingerprint density at radius 3 is 2.64 bits per heavy atom. The molecule has 0 spiro atoms. The maximum atomic E-state index is 13.1. The first kappa shape index (κ1) is 19.6. The highest BCUT2D eigenvalue weighted by Crippen LogP contribution is 2.23. The van der Waals surface area contributed by atoms with Crippen molar-refractivity contribution in [2.24, 2.45) is 0 Å². The van der Waals surface area contributed by atoms with E-state index in [-0.39, 0.29) is 17.8 Å². The molecule has 1 aromatic rings. The number of urea groups is 1. The van der Waals surface area contributed by atoms with Crippen molar-refractivity contribution in [1.82, 2.24) is 15.1 Å². The Kier molecular flexibility index (Phi) is 7.60. The molecule has 1 heterocycles. The molecule has 3 amide bonds. The highest BCUT2D eigenvalue weighted by atomic mass is 79.9. The van der Waals surface area contributed by atoms with Crippen molar-refractivity contribution in [2.75, 3.05) is 58.3 Å². The van der Waals surface area contributed by atoms with Crippen molar-refractivity contribution in [2.45, 2.75) is 0 Å². The van der Waals surface area contributed by atoms with E-state index in [2.05, 4.69) is 26.6 Å². The second-order valence-corrected chi connectivity index (χ2v) is 6.51. The van der Waals surface area contributed by atoms with Crippen molar-refractivity contribution in [3.63, 3.8) is 0 Å². The summed E-state index contributed by atoms with van der Waals surface area (Å²) in [5, 5.41) is 5.53. The number of nitrogens with zero attached hydrogens (tertiary/aromatic N) is 2. The second kappa shape index (κ2) is 9.69. The van der Waals surface area contributed by atoms with Crippen LogP contribution >= 0.6 is 15.9 Å². The molecule has 0 atom stereocenters. The van der Waals surface area contributed by atoms with Gasteiger partial charge in [-0.15, -0.1) is 0 Å². The molecule has 0 radical (unpaired) electrons. The lowest BCUT2D eigenvalue weighted by atomic mass is 10.3. The molecule has 9 heteroatoms. The van der Waals surface area contributed by atoms with Gasteiger partial charge < -0.3 is 20.3 Å². The molecule has 25 heavy (non-hydrogen) atoms. The van der Waals surface area contributed by atoms with Gasteiger partial charge in [-0.05, 0) is 34.1 Å². The zero-order valence-corrected chi connectivity index (χ0v) is 15.6. The van der Waals surface area contributed by atoms with Gasteiger partial charge in [0.15, 0.2) is 0 Å². The Labute approximate surface area is 154 Å². The molecule has 1 aliphatic heterocycles. The Morgan fingerprint density at radius 2 is 2.00 bits per heavy atom. The maximum absolute atomic E-state index is 13.1. The predicted octanol–water partition coefficient (Wildman–Crippen LogP) is 1.50. The number of ether oxygens (including phenoxy) is 1. The largest absolute Gasteiger partial charge is 0.383 e. The molecule has 138 valence electrons. The first-order valence-corrected chi connectivity index (χ1v) is 8.78. The first-order valence-electron chi connectivity index (χ1n) is 7.98. The second-order valence-electron chi connectivity index (χ2n) is 5.66. The van der Waals surface area contributed by atoms with Crippen LogP contribution in [0.15, 0.2) is 22.7 Å². The maximum Gasteiger partial charge on any atom is 0.321 e. The van der Waals surface area contributed by atoms with Gasteiger partial charge in [-0.3, -0.25) is 9.69 Å². The fourth-order valence-corrected chi connectivity index (χ4v) is 2.90. The number of carbonyl (C=O) groups excluding carboxylic acids is 2. The van der Waals surface area contributed by atoms with Crippen LogP contribution in [0, 0.1) is 5.82 Å². The van der Waals surface area contributed by atoms with Gasteiger partial charge in [0.2, 0.25) is 5.91 Å². The summed E-state index contributed by atoms with van der Waals surface area (Å²) in [4.78, 5) is 27.7. The fourth-order valence-electron chi connectivity index (χ4n) is 2.45. The van der Waals surface area contributed by atoms with Gasteiger partial charge in [-0.2, -0.15) is 0 Å². The van der Waals surface area contributed by atoms with Crippen LogP contribution in [0.25, 0.3) is 0 Å². The number of nitrogens with one attached hydrogen (secondary N) is 2. The Morgan fingerprint density at radius 1 is 1.28 bits per heavy atom. The Hall–Kier alpha value is -1.71. The van der Waals surface area contributed by atoms with Gasteiger partial charge in [0.25, 0.3) is 0 Å². The third-order valence-electron chi connectivity index (χ3n) is 3.83. The fraction of sp³-hybridized carbons (Fsp3) is 0.500. The highest BCUT2D eigenvalue weighted by Gasteiger charge is 2.22. The number of hydrogen-bond acceptors (Lipinski definition) is 4. The van der Waals surface area contributed by atoms with Crippen LogP contribution in [-0.4, -0.2) is 74.7 Å². The van der Waals surface area contributed by atoms with Crippen LogP contribution in [0.5, 0.6) is 0 Å². The molecular formula is C16H22BrFN4O3. The van der Waals surface area contributed by atoms with Gasteiger partial charge >= 0.3 is 6.03 Å². The topological polar surface area (TPSA) is 73.9 Å². The van der Waals surface area contributed by atoms with Crippen molar-refractivity contribution in [1.29, 1.82) is 0 Å². The lowest BCUT2D eigenvalue weighted by Gasteiger charge is -2.34. The summed E-state index contributed by atoms with van der Waals surface area (Å²) in [5.74, 6) is -0.424. The number of hydrogen-bond donors (Lipinski definition) is 2. The Bertz CT molecular complexity index is 609. The third-order valence-corrected chi connectivity index (χ3v) is 4.48. The summed E-state index contributed by atoms with van der Waals surface area (Å²) in [6, 6.07) is 3.87. The number of benzene rings is 1. The van der Waals surface area contributed by atoms with Crippen LogP contribution in [0.1, 0.15) is 0 Å². The Balaban J connectivity index is 1.75.